The molecule has 0 aliphatic carbocycles. The van der Waals surface area contributed by atoms with E-state index in [2.05, 4.69) is 12.2 Å². The van der Waals surface area contributed by atoms with E-state index in [1.54, 1.807) is 26.2 Å². The van der Waals surface area contributed by atoms with Crippen molar-refractivity contribution in [1.82, 2.24) is 10.2 Å². The summed E-state index contributed by atoms with van der Waals surface area (Å²) in [5.41, 5.74) is 0. The first kappa shape index (κ1) is 18.4. The molecule has 0 aromatic carbocycles. The van der Waals surface area contributed by atoms with Gasteiger partial charge in [0.05, 0.1) is 0 Å². The molecule has 0 fully saturated rings. The monoisotopic (exact) mass is 292 g/mol. The number of rotatable bonds is 9. The molecule has 0 spiro atoms. The highest BCUT2D eigenvalue weighted by Crippen LogP contribution is 2.20. The standard InChI is InChI=1S/C12H28N2O4Si/c1-7-13-12(15)14(8-2)9-11(3)10-19(16-4,17-5)18-6/h11H,7-10H2,1-6H3,(H,13,15). The predicted molar refractivity (Wildman–Crippen MR) is 77.1 cm³/mol. The van der Waals surface area contributed by atoms with Gasteiger partial charge in [0.15, 0.2) is 0 Å². The van der Waals surface area contributed by atoms with E-state index in [0.717, 1.165) is 0 Å². The summed E-state index contributed by atoms with van der Waals surface area (Å²) in [5.74, 6) is 0.245. The zero-order valence-electron chi connectivity index (χ0n) is 13.0. The van der Waals surface area contributed by atoms with Gasteiger partial charge >= 0.3 is 14.8 Å². The fourth-order valence-corrected chi connectivity index (χ4v) is 3.97. The summed E-state index contributed by atoms with van der Waals surface area (Å²) < 4.78 is 16.2. The second-order valence-electron chi connectivity index (χ2n) is 4.48. The number of hydrogen-bond acceptors (Lipinski definition) is 4. The van der Waals surface area contributed by atoms with E-state index in [9.17, 15) is 4.79 Å². The Balaban J connectivity index is 4.48. The molecule has 0 saturated carbocycles. The largest absolute Gasteiger partial charge is 0.500 e. The third kappa shape index (κ3) is 5.90. The molecule has 0 aromatic heterocycles. The zero-order chi connectivity index (χ0) is 14.9. The van der Waals surface area contributed by atoms with Crippen molar-refractivity contribution in [3.05, 3.63) is 0 Å². The molecule has 19 heavy (non-hydrogen) atoms. The minimum absolute atomic E-state index is 0.0311. The van der Waals surface area contributed by atoms with Crippen molar-refractivity contribution in [3.8, 4) is 0 Å². The van der Waals surface area contributed by atoms with Gasteiger partial charge in [-0.25, -0.2) is 4.79 Å². The minimum Gasteiger partial charge on any atom is -0.377 e. The van der Waals surface area contributed by atoms with Crippen molar-refractivity contribution in [2.24, 2.45) is 5.92 Å². The van der Waals surface area contributed by atoms with Crippen molar-refractivity contribution in [2.45, 2.75) is 26.8 Å². The molecule has 1 atom stereocenters. The lowest BCUT2D eigenvalue weighted by Crippen LogP contribution is -2.47. The fourth-order valence-electron chi connectivity index (χ4n) is 1.99. The lowest BCUT2D eigenvalue weighted by atomic mass is 10.2. The SMILES string of the molecule is CCNC(=O)N(CC)CC(C)C[Si](OC)(OC)OC. The molecule has 0 bridgehead atoms. The molecule has 7 heteroatoms. The van der Waals surface area contributed by atoms with Crippen LogP contribution in [0.25, 0.3) is 0 Å². The van der Waals surface area contributed by atoms with Crippen LogP contribution in [0.3, 0.4) is 0 Å². The van der Waals surface area contributed by atoms with Crippen LogP contribution in [0.5, 0.6) is 0 Å². The molecule has 6 nitrogen and oxygen atoms in total. The van der Waals surface area contributed by atoms with Crippen LogP contribution in [0.1, 0.15) is 20.8 Å². The molecule has 0 rings (SSSR count). The van der Waals surface area contributed by atoms with Crippen molar-refractivity contribution >= 4 is 14.8 Å². The van der Waals surface area contributed by atoms with Crippen molar-refractivity contribution in [2.75, 3.05) is 41.0 Å². The molecule has 0 aliphatic heterocycles. The van der Waals surface area contributed by atoms with Crippen molar-refractivity contribution in [3.63, 3.8) is 0 Å². The second-order valence-corrected chi connectivity index (χ2v) is 7.48. The summed E-state index contributed by atoms with van der Waals surface area (Å²) in [6, 6.07) is 0.656. The highest BCUT2D eigenvalue weighted by molar-refractivity contribution is 6.60. The highest BCUT2D eigenvalue weighted by Gasteiger charge is 2.39. The van der Waals surface area contributed by atoms with Gasteiger partial charge in [0, 0.05) is 47.0 Å². The Morgan fingerprint density at radius 1 is 1.21 bits per heavy atom. The molecule has 0 aromatic rings. The molecule has 0 radical (unpaired) electrons. The summed E-state index contributed by atoms with van der Waals surface area (Å²) in [4.78, 5) is 13.6. The van der Waals surface area contributed by atoms with Gasteiger partial charge in [0.1, 0.15) is 0 Å². The molecule has 1 unspecified atom stereocenters. The van der Waals surface area contributed by atoms with E-state index in [0.29, 0.717) is 25.7 Å². The van der Waals surface area contributed by atoms with Crippen LogP contribution in [0.4, 0.5) is 4.79 Å². The van der Waals surface area contributed by atoms with E-state index in [4.69, 9.17) is 13.3 Å². The van der Waals surface area contributed by atoms with Gasteiger partial charge in [-0.15, -0.1) is 0 Å². The van der Waals surface area contributed by atoms with Crippen LogP contribution < -0.4 is 5.32 Å². The van der Waals surface area contributed by atoms with E-state index >= 15 is 0 Å². The van der Waals surface area contributed by atoms with Crippen LogP contribution in [0.2, 0.25) is 6.04 Å². The number of carbonyl (C=O) groups is 1. The summed E-state index contributed by atoms with van der Waals surface area (Å²) >= 11 is 0. The Morgan fingerprint density at radius 2 is 1.74 bits per heavy atom. The van der Waals surface area contributed by atoms with Crippen LogP contribution in [-0.4, -0.2) is 60.7 Å². The first-order chi connectivity index (χ1) is 8.98. The average molecular weight is 292 g/mol. The van der Waals surface area contributed by atoms with Crippen molar-refractivity contribution < 1.29 is 18.1 Å². The zero-order valence-corrected chi connectivity index (χ0v) is 14.0. The first-order valence-electron chi connectivity index (χ1n) is 6.66. The van der Waals surface area contributed by atoms with Gasteiger partial charge in [0.2, 0.25) is 0 Å². The number of carbonyl (C=O) groups excluding carboxylic acids is 1. The van der Waals surface area contributed by atoms with Gasteiger partial charge in [0.25, 0.3) is 0 Å². The first-order valence-corrected chi connectivity index (χ1v) is 8.59. The molecular weight excluding hydrogens is 264 g/mol. The lowest BCUT2D eigenvalue weighted by Gasteiger charge is -2.30. The molecular formula is C12H28N2O4Si. The van der Waals surface area contributed by atoms with Gasteiger partial charge < -0.3 is 23.5 Å². The molecule has 0 heterocycles. The summed E-state index contributed by atoms with van der Waals surface area (Å²) in [5, 5.41) is 2.81. The van der Waals surface area contributed by atoms with Gasteiger partial charge in [-0.3, -0.25) is 0 Å². The Kier molecular flexibility index (Phi) is 8.99. The number of nitrogens with zero attached hydrogens (tertiary/aromatic N) is 1. The molecule has 1 N–H and O–H groups in total. The molecule has 0 aliphatic rings. The summed E-state index contributed by atoms with van der Waals surface area (Å²) in [6.07, 6.45) is 0. The van der Waals surface area contributed by atoms with Crippen molar-refractivity contribution in [1.29, 1.82) is 0 Å². The maximum atomic E-state index is 11.8. The molecule has 114 valence electrons. The lowest BCUT2D eigenvalue weighted by molar-refractivity contribution is 0.116. The third-order valence-electron chi connectivity index (χ3n) is 3.06. The van der Waals surface area contributed by atoms with Gasteiger partial charge in [-0.05, 0) is 19.8 Å². The summed E-state index contributed by atoms with van der Waals surface area (Å²) in [6.45, 7) is 7.92. The van der Waals surface area contributed by atoms with E-state index in [-0.39, 0.29) is 11.9 Å². The molecule has 0 saturated heterocycles. The van der Waals surface area contributed by atoms with Crippen LogP contribution in [-0.2, 0) is 13.3 Å². The number of hydrogen-bond donors (Lipinski definition) is 1. The maximum absolute atomic E-state index is 11.8. The van der Waals surface area contributed by atoms with Crippen LogP contribution >= 0.6 is 0 Å². The maximum Gasteiger partial charge on any atom is 0.500 e. The van der Waals surface area contributed by atoms with E-state index < -0.39 is 8.80 Å². The Hall–Kier alpha value is -0.633. The van der Waals surface area contributed by atoms with E-state index in [1.165, 1.54) is 0 Å². The van der Waals surface area contributed by atoms with E-state index in [1.807, 2.05) is 13.8 Å². The average Bonchev–Trinajstić information content (AvgIpc) is 2.42. The normalized spacial score (nSPS) is 13.2. The fraction of sp³-hybridized carbons (Fsp3) is 0.917. The van der Waals surface area contributed by atoms with Crippen LogP contribution in [0, 0.1) is 5.92 Å². The van der Waals surface area contributed by atoms with Gasteiger partial charge in [-0.1, -0.05) is 6.92 Å². The Bertz CT molecular complexity index is 254. The third-order valence-corrected chi connectivity index (χ3v) is 6.12. The Morgan fingerprint density at radius 3 is 2.11 bits per heavy atom. The summed E-state index contributed by atoms with van der Waals surface area (Å²) in [7, 11) is 2.24. The Labute approximate surface area is 117 Å². The topological polar surface area (TPSA) is 60.0 Å². The molecule has 2 amide bonds. The number of urea groups is 1. The van der Waals surface area contributed by atoms with Gasteiger partial charge in [-0.2, -0.15) is 0 Å². The van der Waals surface area contributed by atoms with Crippen LogP contribution in [0.15, 0.2) is 0 Å². The highest BCUT2D eigenvalue weighted by atomic mass is 28.4. The number of nitrogens with one attached hydrogen (secondary N) is 1. The quantitative estimate of drug-likeness (QED) is 0.655. The predicted octanol–water partition coefficient (Wildman–Crippen LogP) is 1.55. The number of amides is 2. The second kappa shape index (κ2) is 9.30. The smallest absolute Gasteiger partial charge is 0.377 e. The minimum atomic E-state index is -2.57.